The van der Waals surface area contributed by atoms with Gasteiger partial charge in [-0.1, -0.05) is 32.0 Å². The maximum absolute atomic E-state index is 12.5. The summed E-state index contributed by atoms with van der Waals surface area (Å²) in [7, 11) is 0. The number of carbonyl (C=O) groups is 1. The molecule has 0 atom stereocenters. The standard InChI is InChI=1S/C21H21N3O5/c1-21(2,13-7-8-16-17(9-13)29-12-28-16)11-22-18(25)10-24-20(27)15-6-4-3-5-14(15)19(26)23-24/h3-9H,10-12H2,1-2H3,(H,22,25)(H,23,26). The number of nitrogens with one attached hydrogen (secondary N) is 2. The third kappa shape index (κ3) is 3.61. The zero-order valence-corrected chi connectivity index (χ0v) is 16.2. The Labute approximate surface area is 166 Å². The average Bonchev–Trinajstić information content (AvgIpc) is 3.18. The van der Waals surface area contributed by atoms with Gasteiger partial charge in [-0.15, -0.1) is 0 Å². The van der Waals surface area contributed by atoms with Crippen molar-refractivity contribution >= 4 is 16.7 Å². The Morgan fingerprint density at radius 2 is 1.83 bits per heavy atom. The first kappa shape index (κ1) is 18.8. The summed E-state index contributed by atoms with van der Waals surface area (Å²) >= 11 is 0. The summed E-state index contributed by atoms with van der Waals surface area (Å²) in [6.45, 7) is 4.27. The number of amides is 1. The number of benzene rings is 2. The number of H-pyrrole nitrogens is 1. The molecule has 0 saturated carbocycles. The Bertz CT molecular complexity index is 1210. The van der Waals surface area contributed by atoms with Crippen LogP contribution in [0.2, 0.25) is 0 Å². The quantitative estimate of drug-likeness (QED) is 0.682. The number of rotatable bonds is 5. The minimum absolute atomic E-state index is 0.203. The van der Waals surface area contributed by atoms with Crippen molar-refractivity contribution in [3.8, 4) is 11.5 Å². The first-order valence-electron chi connectivity index (χ1n) is 9.24. The molecule has 0 saturated heterocycles. The largest absolute Gasteiger partial charge is 0.454 e. The molecular weight excluding hydrogens is 374 g/mol. The molecule has 3 aromatic rings. The Kier molecular flexibility index (Phi) is 4.62. The van der Waals surface area contributed by atoms with Crippen LogP contribution in [-0.4, -0.2) is 29.0 Å². The summed E-state index contributed by atoms with van der Waals surface area (Å²) in [6.07, 6.45) is 0. The molecule has 0 radical (unpaired) electrons. The van der Waals surface area contributed by atoms with Gasteiger partial charge < -0.3 is 14.8 Å². The fraction of sp³-hybridized carbons (Fsp3) is 0.286. The second-order valence-corrected chi connectivity index (χ2v) is 7.61. The lowest BCUT2D eigenvalue weighted by Gasteiger charge is -2.26. The number of aromatic amines is 1. The van der Waals surface area contributed by atoms with Crippen molar-refractivity contribution in [2.45, 2.75) is 25.8 Å². The fourth-order valence-corrected chi connectivity index (χ4v) is 3.30. The van der Waals surface area contributed by atoms with E-state index in [0.29, 0.717) is 23.4 Å². The van der Waals surface area contributed by atoms with Crippen LogP contribution in [0.4, 0.5) is 0 Å². The van der Waals surface area contributed by atoms with Crippen molar-refractivity contribution in [2.24, 2.45) is 0 Å². The number of ether oxygens (including phenoxy) is 2. The molecular formula is C21H21N3O5. The summed E-state index contributed by atoms with van der Waals surface area (Å²) in [5, 5.41) is 5.89. The molecule has 4 rings (SSSR count). The van der Waals surface area contributed by atoms with Crippen molar-refractivity contribution in [3.05, 3.63) is 68.7 Å². The number of carbonyl (C=O) groups excluding carboxylic acids is 1. The molecule has 0 spiro atoms. The molecule has 2 N–H and O–H groups in total. The van der Waals surface area contributed by atoms with E-state index in [1.54, 1.807) is 24.3 Å². The third-order valence-corrected chi connectivity index (χ3v) is 5.07. The van der Waals surface area contributed by atoms with Crippen LogP contribution in [0.3, 0.4) is 0 Å². The van der Waals surface area contributed by atoms with E-state index < -0.39 is 11.1 Å². The van der Waals surface area contributed by atoms with E-state index in [-0.39, 0.29) is 30.0 Å². The van der Waals surface area contributed by atoms with Gasteiger partial charge in [0.2, 0.25) is 12.7 Å². The van der Waals surface area contributed by atoms with Crippen LogP contribution in [0.15, 0.2) is 52.1 Å². The Balaban J connectivity index is 1.48. The SMILES string of the molecule is CC(C)(CNC(=O)Cn1[nH]c(=O)c2ccccc2c1=O)c1ccc2c(c1)OCO2. The van der Waals surface area contributed by atoms with Gasteiger partial charge in [0.25, 0.3) is 11.1 Å². The minimum atomic E-state index is -0.412. The van der Waals surface area contributed by atoms with Gasteiger partial charge in [-0.05, 0) is 29.8 Å². The predicted molar refractivity (Wildman–Crippen MR) is 107 cm³/mol. The van der Waals surface area contributed by atoms with E-state index in [9.17, 15) is 14.4 Å². The first-order chi connectivity index (χ1) is 13.8. The molecule has 8 heteroatoms. The van der Waals surface area contributed by atoms with Gasteiger partial charge >= 0.3 is 0 Å². The number of aromatic nitrogens is 2. The van der Waals surface area contributed by atoms with Gasteiger partial charge in [0, 0.05) is 12.0 Å². The lowest BCUT2D eigenvalue weighted by atomic mass is 9.84. The van der Waals surface area contributed by atoms with Crippen molar-refractivity contribution in [1.82, 2.24) is 15.1 Å². The summed E-state index contributed by atoms with van der Waals surface area (Å²) < 4.78 is 11.8. The zero-order valence-electron chi connectivity index (χ0n) is 16.2. The first-order valence-corrected chi connectivity index (χ1v) is 9.24. The monoisotopic (exact) mass is 395 g/mol. The normalized spacial score (nSPS) is 12.9. The van der Waals surface area contributed by atoms with Crippen molar-refractivity contribution in [1.29, 1.82) is 0 Å². The topological polar surface area (TPSA) is 102 Å². The maximum Gasteiger partial charge on any atom is 0.273 e. The summed E-state index contributed by atoms with van der Waals surface area (Å²) in [6, 6.07) is 12.2. The second kappa shape index (κ2) is 7.12. The van der Waals surface area contributed by atoms with E-state index in [1.807, 2.05) is 32.0 Å². The van der Waals surface area contributed by atoms with E-state index in [4.69, 9.17) is 9.47 Å². The smallest absolute Gasteiger partial charge is 0.273 e. The minimum Gasteiger partial charge on any atom is -0.454 e. The lowest BCUT2D eigenvalue weighted by molar-refractivity contribution is -0.122. The zero-order chi connectivity index (χ0) is 20.6. The van der Waals surface area contributed by atoms with Gasteiger partial charge in [-0.2, -0.15) is 0 Å². The van der Waals surface area contributed by atoms with Crippen LogP contribution in [-0.2, 0) is 16.8 Å². The third-order valence-electron chi connectivity index (χ3n) is 5.07. The molecule has 0 unspecified atom stereocenters. The number of hydrogen-bond donors (Lipinski definition) is 2. The van der Waals surface area contributed by atoms with Gasteiger partial charge in [-0.3, -0.25) is 19.5 Å². The number of hydrogen-bond acceptors (Lipinski definition) is 5. The average molecular weight is 395 g/mol. The molecule has 0 aliphatic carbocycles. The van der Waals surface area contributed by atoms with Gasteiger partial charge in [-0.25, -0.2) is 4.68 Å². The van der Waals surface area contributed by atoms with Crippen LogP contribution in [0.1, 0.15) is 19.4 Å². The highest BCUT2D eigenvalue weighted by molar-refractivity contribution is 5.81. The van der Waals surface area contributed by atoms with Crippen LogP contribution in [0, 0.1) is 0 Å². The summed E-state index contributed by atoms with van der Waals surface area (Å²) in [5.41, 5.74) is -0.212. The molecule has 2 aromatic carbocycles. The number of fused-ring (bicyclic) bond motifs is 2. The van der Waals surface area contributed by atoms with Gasteiger partial charge in [0.05, 0.1) is 10.8 Å². The molecule has 2 heterocycles. The van der Waals surface area contributed by atoms with E-state index in [0.717, 1.165) is 10.2 Å². The predicted octanol–water partition coefficient (Wildman–Crippen LogP) is 1.51. The summed E-state index contributed by atoms with van der Waals surface area (Å²) in [5.74, 6) is 1.02. The maximum atomic E-state index is 12.5. The van der Waals surface area contributed by atoms with Crippen molar-refractivity contribution in [3.63, 3.8) is 0 Å². The highest BCUT2D eigenvalue weighted by Crippen LogP contribution is 2.36. The van der Waals surface area contributed by atoms with E-state index in [1.165, 1.54) is 0 Å². The molecule has 29 heavy (non-hydrogen) atoms. The molecule has 0 bridgehead atoms. The van der Waals surface area contributed by atoms with Crippen molar-refractivity contribution < 1.29 is 14.3 Å². The van der Waals surface area contributed by atoms with Crippen LogP contribution in [0.5, 0.6) is 11.5 Å². The molecule has 1 amide bonds. The molecule has 0 fully saturated rings. The Morgan fingerprint density at radius 3 is 2.62 bits per heavy atom. The van der Waals surface area contributed by atoms with Crippen LogP contribution in [0.25, 0.3) is 10.8 Å². The summed E-state index contributed by atoms with van der Waals surface area (Å²) in [4.78, 5) is 37.1. The van der Waals surface area contributed by atoms with Crippen LogP contribution >= 0.6 is 0 Å². The second-order valence-electron chi connectivity index (χ2n) is 7.61. The molecule has 150 valence electrons. The highest BCUT2D eigenvalue weighted by Gasteiger charge is 2.25. The number of nitrogens with zero attached hydrogens (tertiary/aromatic N) is 1. The van der Waals surface area contributed by atoms with Crippen LogP contribution < -0.4 is 25.9 Å². The van der Waals surface area contributed by atoms with Gasteiger partial charge in [0.15, 0.2) is 11.5 Å². The molecule has 1 aromatic heterocycles. The molecule has 8 nitrogen and oxygen atoms in total. The molecule has 1 aliphatic heterocycles. The highest BCUT2D eigenvalue weighted by atomic mass is 16.7. The molecule has 1 aliphatic rings. The fourth-order valence-electron chi connectivity index (χ4n) is 3.30. The van der Waals surface area contributed by atoms with Gasteiger partial charge in [0.1, 0.15) is 6.54 Å². The lowest BCUT2D eigenvalue weighted by Crippen LogP contribution is -2.41. The Hall–Kier alpha value is -3.55. The van der Waals surface area contributed by atoms with E-state index in [2.05, 4.69) is 10.4 Å². The van der Waals surface area contributed by atoms with Crippen molar-refractivity contribution in [2.75, 3.05) is 13.3 Å². The van der Waals surface area contributed by atoms with E-state index >= 15 is 0 Å². The Morgan fingerprint density at radius 1 is 1.10 bits per heavy atom.